The molecule has 6 heteroatoms. The highest BCUT2D eigenvalue weighted by molar-refractivity contribution is 9.10. The number of allylic oxidation sites excluding steroid dienone is 1. The summed E-state index contributed by atoms with van der Waals surface area (Å²) >= 11 is 3.50. The Morgan fingerprint density at radius 3 is 2.62 bits per heavy atom. The second-order valence-electron chi connectivity index (χ2n) is 6.26. The van der Waals surface area contributed by atoms with Crippen LogP contribution in [0.1, 0.15) is 50.6 Å². The van der Waals surface area contributed by atoms with E-state index in [2.05, 4.69) is 26.6 Å². The zero-order chi connectivity index (χ0) is 17.1. The van der Waals surface area contributed by atoms with Crippen molar-refractivity contribution < 1.29 is 14.3 Å². The molecule has 1 aromatic rings. The van der Waals surface area contributed by atoms with Crippen LogP contribution in [0.4, 0.5) is 4.79 Å². The third kappa shape index (κ3) is 3.64. The molecule has 0 radical (unpaired) electrons. The van der Waals surface area contributed by atoms with Crippen molar-refractivity contribution in [1.29, 1.82) is 0 Å². The first-order chi connectivity index (χ1) is 11.6. The van der Waals surface area contributed by atoms with Crippen molar-refractivity contribution in [2.45, 2.75) is 51.2 Å². The molecule has 0 unspecified atom stereocenters. The number of rotatable bonds is 3. The number of carbonyl (C=O) groups is 2. The van der Waals surface area contributed by atoms with Crippen molar-refractivity contribution in [3.05, 3.63) is 45.6 Å². The van der Waals surface area contributed by atoms with Gasteiger partial charge in [-0.25, -0.2) is 9.59 Å². The standard InChI is InChI=1S/C18H21BrN2O3/c1-11-15(17(22)24-12-7-3-2-4-8-12)16(21-18(23)20-11)13-9-5-6-10-14(13)19/h5-6,9-10,12,16H,2-4,7-8H2,1H3,(H2,20,21,23)/t16-/m0/s1. The Morgan fingerprint density at radius 1 is 1.21 bits per heavy atom. The molecule has 1 fully saturated rings. The normalized spacial score (nSPS) is 21.9. The quantitative estimate of drug-likeness (QED) is 0.765. The lowest BCUT2D eigenvalue weighted by Crippen LogP contribution is -2.45. The first kappa shape index (κ1) is 17.0. The lowest BCUT2D eigenvalue weighted by molar-refractivity contribution is -0.146. The molecular weight excluding hydrogens is 372 g/mol. The number of esters is 1. The Hall–Kier alpha value is -1.82. The Kier molecular flexibility index (Phi) is 5.23. The molecule has 5 nitrogen and oxygen atoms in total. The van der Waals surface area contributed by atoms with E-state index in [-0.39, 0.29) is 18.1 Å². The van der Waals surface area contributed by atoms with E-state index in [0.717, 1.165) is 35.7 Å². The van der Waals surface area contributed by atoms with Gasteiger partial charge in [0, 0.05) is 10.2 Å². The highest BCUT2D eigenvalue weighted by Gasteiger charge is 2.34. The molecule has 0 spiro atoms. The number of benzene rings is 1. The Labute approximate surface area is 150 Å². The first-order valence-corrected chi connectivity index (χ1v) is 9.09. The van der Waals surface area contributed by atoms with Gasteiger partial charge in [0.05, 0.1) is 11.6 Å². The molecule has 24 heavy (non-hydrogen) atoms. The van der Waals surface area contributed by atoms with Crippen LogP contribution in [0, 0.1) is 0 Å². The molecule has 1 aromatic carbocycles. The molecule has 2 N–H and O–H groups in total. The van der Waals surface area contributed by atoms with E-state index in [1.54, 1.807) is 6.92 Å². The minimum atomic E-state index is -0.523. The lowest BCUT2D eigenvalue weighted by atomic mass is 9.94. The highest BCUT2D eigenvalue weighted by atomic mass is 79.9. The average Bonchev–Trinajstić information content (AvgIpc) is 2.55. The van der Waals surface area contributed by atoms with Gasteiger partial charge in [-0.2, -0.15) is 0 Å². The molecule has 0 bridgehead atoms. The van der Waals surface area contributed by atoms with Crippen LogP contribution in [-0.2, 0) is 9.53 Å². The number of carbonyl (C=O) groups excluding carboxylic acids is 2. The Balaban J connectivity index is 1.89. The van der Waals surface area contributed by atoms with E-state index in [9.17, 15) is 9.59 Å². The summed E-state index contributed by atoms with van der Waals surface area (Å²) in [6.45, 7) is 1.74. The number of halogens is 1. The Morgan fingerprint density at radius 2 is 1.92 bits per heavy atom. The van der Waals surface area contributed by atoms with Gasteiger partial charge >= 0.3 is 12.0 Å². The van der Waals surface area contributed by atoms with Gasteiger partial charge in [0.15, 0.2) is 0 Å². The fourth-order valence-corrected chi connectivity index (χ4v) is 3.82. The van der Waals surface area contributed by atoms with E-state index in [1.165, 1.54) is 6.42 Å². The third-order valence-electron chi connectivity index (χ3n) is 4.53. The second kappa shape index (κ2) is 7.38. The average molecular weight is 393 g/mol. The minimum Gasteiger partial charge on any atom is -0.459 e. The van der Waals surface area contributed by atoms with Gasteiger partial charge in [-0.15, -0.1) is 0 Å². The number of amides is 2. The summed E-state index contributed by atoms with van der Waals surface area (Å²) in [7, 11) is 0. The van der Waals surface area contributed by atoms with Crippen molar-refractivity contribution in [2.75, 3.05) is 0 Å². The summed E-state index contributed by atoms with van der Waals surface area (Å²) in [5.74, 6) is -0.354. The number of hydrogen-bond acceptors (Lipinski definition) is 3. The number of hydrogen-bond donors (Lipinski definition) is 2. The van der Waals surface area contributed by atoms with Crippen LogP contribution < -0.4 is 10.6 Å². The fraction of sp³-hybridized carbons (Fsp3) is 0.444. The second-order valence-corrected chi connectivity index (χ2v) is 7.11. The van der Waals surface area contributed by atoms with Crippen molar-refractivity contribution in [2.24, 2.45) is 0 Å². The minimum absolute atomic E-state index is 0.0240. The van der Waals surface area contributed by atoms with E-state index >= 15 is 0 Å². The van der Waals surface area contributed by atoms with Crippen LogP contribution in [0.5, 0.6) is 0 Å². The molecule has 1 aliphatic carbocycles. The maximum Gasteiger partial charge on any atom is 0.338 e. The summed E-state index contributed by atoms with van der Waals surface area (Å²) < 4.78 is 6.57. The van der Waals surface area contributed by atoms with Gasteiger partial charge in [0.25, 0.3) is 0 Å². The number of nitrogens with one attached hydrogen (secondary N) is 2. The summed E-state index contributed by atoms with van der Waals surface area (Å²) in [6, 6.07) is 6.72. The largest absolute Gasteiger partial charge is 0.459 e. The summed E-state index contributed by atoms with van der Waals surface area (Å²) in [6.07, 6.45) is 5.20. The highest BCUT2D eigenvalue weighted by Crippen LogP contribution is 2.33. The van der Waals surface area contributed by atoms with Crippen molar-refractivity contribution in [3.8, 4) is 0 Å². The zero-order valence-electron chi connectivity index (χ0n) is 13.6. The van der Waals surface area contributed by atoms with Crippen molar-refractivity contribution in [1.82, 2.24) is 10.6 Å². The zero-order valence-corrected chi connectivity index (χ0v) is 15.2. The van der Waals surface area contributed by atoms with Crippen molar-refractivity contribution in [3.63, 3.8) is 0 Å². The molecule has 1 aliphatic heterocycles. The SMILES string of the molecule is CC1=C(C(=O)OC2CCCCC2)[C@H](c2ccccc2Br)NC(=O)N1. The molecule has 2 aliphatic rings. The van der Waals surface area contributed by atoms with Gasteiger partial charge in [-0.05, 0) is 44.2 Å². The maximum absolute atomic E-state index is 12.8. The summed E-state index contributed by atoms with van der Waals surface area (Å²) in [5, 5.41) is 5.51. The third-order valence-corrected chi connectivity index (χ3v) is 5.25. The van der Waals surface area contributed by atoms with Gasteiger partial charge in [-0.1, -0.05) is 40.5 Å². The van der Waals surface area contributed by atoms with E-state index in [0.29, 0.717) is 11.3 Å². The van der Waals surface area contributed by atoms with Crippen LogP contribution in [0.25, 0.3) is 0 Å². The van der Waals surface area contributed by atoms with E-state index < -0.39 is 6.04 Å². The molecule has 128 valence electrons. The lowest BCUT2D eigenvalue weighted by Gasteiger charge is -2.30. The number of urea groups is 1. The monoisotopic (exact) mass is 392 g/mol. The maximum atomic E-state index is 12.8. The van der Waals surface area contributed by atoms with Crippen LogP contribution in [-0.4, -0.2) is 18.1 Å². The fourth-order valence-electron chi connectivity index (χ4n) is 3.30. The molecule has 1 atom stereocenters. The summed E-state index contributed by atoms with van der Waals surface area (Å²) in [4.78, 5) is 24.7. The van der Waals surface area contributed by atoms with Crippen LogP contribution in [0.3, 0.4) is 0 Å². The Bertz CT molecular complexity index is 681. The van der Waals surface area contributed by atoms with E-state index in [1.807, 2.05) is 24.3 Å². The van der Waals surface area contributed by atoms with Gasteiger partial charge < -0.3 is 15.4 Å². The van der Waals surface area contributed by atoms with Gasteiger partial charge in [0.2, 0.25) is 0 Å². The molecule has 2 amide bonds. The van der Waals surface area contributed by atoms with Crippen molar-refractivity contribution >= 4 is 27.9 Å². The first-order valence-electron chi connectivity index (χ1n) is 8.30. The molecule has 0 aromatic heterocycles. The van der Waals surface area contributed by atoms with E-state index in [4.69, 9.17) is 4.74 Å². The van der Waals surface area contributed by atoms with Crippen LogP contribution >= 0.6 is 15.9 Å². The summed E-state index contributed by atoms with van der Waals surface area (Å²) in [5.41, 5.74) is 1.84. The molecule has 1 heterocycles. The van der Waals surface area contributed by atoms with Gasteiger partial charge in [-0.3, -0.25) is 0 Å². The van der Waals surface area contributed by atoms with Crippen LogP contribution in [0.2, 0.25) is 0 Å². The molecular formula is C18H21BrN2O3. The smallest absolute Gasteiger partial charge is 0.338 e. The predicted molar refractivity (Wildman–Crippen MR) is 94.2 cm³/mol. The molecule has 1 saturated carbocycles. The van der Waals surface area contributed by atoms with Gasteiger partial charge in [0.1, 0.15) is 6.10 Å². The van der Waals surface area contributed by atoms with Crippen LogP contribution in [0.15, 0.2) is 40.0 Å². The predicted octanol–water partition coefficient (Wildman–Crippen LogP) is 3.95. The number of ether oxygens (including phenoxy) is 1. The molecule has 0 saturated heterocycles. The molecule has 3 rings (SSSR count). The topological polar surface area (TPSA) is 67.4 Å².